The number of nitro benzene ring substituents is 1. The summed E-state index contributed by atoms with van der Waals surface area (Å²) < 4.78 is 0. The van der Waals surface area contributed by atoms with Crippen molar-refractivity contribution in [1.82, 2.24) is 4.90 Å². The number of amides is 1. The summed E-state index contributed by atoms with van der Waals surface area (Å²) in [5.74, 6) is 0.100. The van der Waals surface area contributed by atoms with Gasteiger partial charge in [-0.25, -0.2) is 0 Å². The first-order chi connectivity index (χ1) is 11.6. The van der Waals surface area contributed by atoms with Gasteiger partial charge in [0.1, 0.15) is 5.69 Å². The fourth-order valence-corrected chi connectivity index (χ4v) is 2.96. The first kappa shape index (κ1) is 16.0. The molecule has 1 heterocycles. The number of nitro groups is 1. The number of carbonyl (C=O) groups is 1. The second kappa shape index (κ2) is 7.12. The fourth-order valence-electron chi connectivity index (χ4n) is 2.96. The first-order valence-corrected chi connectivity index (χ1v) is 7.95. The number of benzene rings is 2. The Hall–Kier alpha value is -2.89. The van der Waals surface area contributed by atoms with E-state index in [2.05, 4.69) is 0 Å². The van der Waals surface area contributed by atoms with Crippen LogP contribution in [0.5, 0.6) is 0 Å². The zero-order valence-corrected chi connectivity index (χ0v) is 13.3. The van der Waals surface area contributed by atoms with E-state index in [1.807, 2.05) is 40.1 Å². The number of hydrogen-bond acceptors (Lipinski definition) is 4. The Bertz CT molecular complexity index is 725. The largest absolute Gasteiger partial charge is 0.362 e. The van der Waals surface area contributed by atoms with Crippen LogP contribution in [0.25, 0.3) is 0 Å². The molecule has 2 aromatic rings. The smallest absolute Gasteiger partial charge is 0.292 e. The summed E-state index contributed by atoms with van der Waals surface area (Å²) in [7, 11) is 0. The lowest BCUT2D eigenvalue weighted by Gasteiger charge is -2.35. The maximum atomic E-state index is 12.4. The van der Waals surface area contributed by atoms with Crippen LogP contribution in [0.4, 0.5) is 11.4 Å². The van der Waals surface area contributed by atoms with Crippen molar-refractivity contribution < 1.29 is 9.72 Å². The van der Waals surface area contributed by atoms with Crippen LogP contribution in [0, 0.1) is 10.1 Å². The number of nitrogens with zero attached hydrogens (tertiary/aromatic N) is 3. The van der Waals surface area contributed by atoms with Crippen molar-refractivity contribution in [3.8, 4) is 0 Å². The van der Waals surface area contributed by atoms with Crippen LogP contribution in [-0.4, -0.2) is 41.9 Å². The molecule has 1 amide bonds. The minimum atomic E-state index is -0.359. The van der Waals surface area contributed by atoms with Gasteiger partial charge >= 0.3 is 0 Å². The molecule has 0 radical (unpaired) electrons. The molecule has 0 atom stereocenters. The third-order valence-electron chi connectivity index (χ3n) is 4.25. The predicted octanol–water partition coefficient (Wildman–Crippen LogP) is 2.49. The van der Waals surface area contributed by atoms with E-state index in [0.29, 0.717) is 38.3 Å². The number of para-hydroxylation sites is 2. The second-order valence-corrected chi connectivity index (χ2v) is 5.78. The van der Waals surface area contributed by atoms with Crippen LogP contribution in [-0.2, 0) is 11.2 Å². The lowest BCUT2D eigenvalue weighted by molar-refractivity contribution is -0.384. The summed E-state index contributed by atoms with van der Waals surface area (Å²) in [6.07, 6.45) is 0.395. The Morgan fingerprint density at radius 3 is 2.25 bits per heavy atom. The van der Waals surface area contributed by atoms with E-state index in [4.69, 9.17) is 0 Å². The van der Waals surface area contributed by atoms with E-state index < -0.39 is 0 Å². The summed E-state index contributed by atoms with van der Waals surface area (Å²) in [6, 6.07) is 16.4. The lowest BCUT2D eigenvalue weighted by Crippen LogP contribution is -2.49. The summed E-state index contributed by atoms with van der Waals surface area (Å²) in [4.78, 5) is 27.0. The van der Waals surface area contributed by atoms with Gasteiger partial charge in [0, 0.05) is 32.2 Å². The van der Waals surface area contributed by atoms with Crippen molar-refractivity contribution in [3.05, 3.63) is 70.3 Å². The van der Waals surface area contributed by atoms with Crippen molar-refractivity contribution in [2.75, 3.05) is 31.1 Å². The minimum Gasteiger partial charge on any atom is -0.362 e. The van der Waals surface area contributed by atoms with Gasteiger partial charge in [0.2, 0.25) is 5.91 Å². The molecule has 3 rings (SSSR count). The molecule has 1 fully saturated rings. The molecule has 24 heavy (non-hydrogen) atoms. The lowest BCUT2D eigenvalue weighted by atomic mass is 10.1. The van der Waals surface area contributed by atoms with E-state index in [1.54, 1.807) is 18.2 Å². The Balaban J connectivity index is 1.62. The molecule has 0 unspecified atom stereocenters. The van der Waals surface area contributed by atoms with Crippen LogP contribution >= 0.6 is 0 Å². The molecule has 0 spiro atoms. The average molecular weight is 325 g/mol. The van der Waals surface area contributed by atoms with Gasteiger partial charge in [0.05, 0.1) is 11.3 Å². The van der Waals surface area contributed by atoms with Crippen LogP contribution in [0.1, 0.15) is 5.56 Å². The number of anilines is 1. The summed E-state index contributed by atoms with van der Waals surface area (Å²) >= 11 is 0. The first-order valence-electron chi connectivity index (χ1n) is 7.95. The topological polar surface area (TPSA) is 66.7 Å². The van der Waals surface area contributed by atoms with Gasteiger partial charge in [-0.15, -0.1) is 0 Å². The summed E-state index contributed by atoms with van der Waals surface area (Å²) in [5, 5.41) is 11.2. The molecular formula is C18H19N3O3. The molecule has 1 aliphatic heterocycles. The summed E-state index contributed by atoms with van der Waals surface area (Å²) in [6.45, 7) is 2.37. The van der Waals surface area contributed by atoms with E-state index >= 15 is 0 Å². The number of hydrogen-bond donors (Lipinski definition) is 0. The standard InChI is InChI=1S/C18H19N3O3/c22-18(14-15-6-2-1-3-7-15)20-12-10-19(11-13-20)16-8-4-5-9-17(16)21(23)24/h1-9H,10-14H2. The number of rotatable bonds is 4. The molecule has 124 valence electrons. The van der Waals surface area contributed by atoms with E-state index in [9.17, 15) is 14.9 Å². The summed E-state index contributed by atoms with van der Waals surface area (Å²) in [5.41, 5.74) is 1.74. The molecule has 0 saturated carbocycles. The Kier molecular flexibility index (Phi) is 4.74. The van der Waals surface area contributed by atoms with E-state index in [-0.39, 0.29) is 16.5 Å². The molecule has 1 saturated heterocycles. The Morgan fingerprint density at radius 1 is 0.958 bits per heavy atom. The third-order valence-corrected chi connectivity index (χ3v) is 4.25. The van der Waals surface area contributed by atoms with Gasteiger partial charge in [-0.1, -0.05) is 42.5 Å². The van der Waals surface area contributed by atoms with Crippen LogP contribution in [0.3, 0.4) is 0 Å². The Labute approximate surface area is 140 Å². The normalized spacial score (nSPS) is 14.5. The molecule has 1 aliphatic rings. The van der Waals surface area contributed by atoms with Gasteiger partial charge in [0.15, 0.2) is 0 Å². The van der Waals surface area contributed by atoms with Gasteiger partial charge in [-0.3, -0.25) is 14.9 Å². The van der Waals surface area contributed by atoms with Gasteiger partial charge in [-0.2, -0.15) is 0 Å². The van der Waals surface area contributed by atoms with E-state index in [1.165, 1.54) is 6.07 Å². The van der Waals surface area contributed by atoms with Crippen molar-refractivity contribution in [1.29, 1.82) is 0 Å². The van der Waals surface area contributed by atoms with Crippen molar-refractivity contribution in [2.45, 2.75) is 6.42 Å². The van der Waals surface area contributed by atoms with Gasteiger partial charge in [0.25, 0.3) is 5.69 Å². The maximum Gasteiger partial charge on any atom is 0.292 e. The minimum absolute atomic E-state index is 0.100. The molecule has 0 aliphatic carbocycles. The SMILES string of the molecule is O=C(Cc1ccccc1)N1CCN(c2ccccc2[N+](=O)[O-])CC1. The van der Waals surface area contributed by atoms with Crippen molar-refractivity contribution >= 4 is 17.3 Å². The van der Waals surface area contributed by atoms with Crippen LogP contribution in [0.15, 0.2) is 54.6 Å². The highest BCUT2D eigenvalue weighted by Crippen LogP contribution is 2.28. The predicted molar refractivity (Wildman–Crippen MR) is 92.0 cm³/mol. The molecule has 6 heteroatoms. The molecule has 6 nitrogen and oxygen atoms in total. The molecular weight excluding hydrogens is 306 g/mol. The number of piperazine rings is 1. The Morgan fingerprint density at radius 2 is 1.58 bits per heavy atom. The van der Waals surface area contributed by atoms with Crippen molar-refractivity contribution in [3.63, 3.8) is 0 Å². The molecule has 0 N–H and O–H groups in total. The fraction of sp³-hybridized carbons (Fsp3) is 0.278. The zero-order valence-electron chi connectivity index (χ0n) is 13.3. The van der Waals surface area contributed by atoms with Gasteiger partial charge < -0.3 is 9.80 Å². The molecule has 2 aromatic carbocycles. The average Bonchev–Trinajstić information content (AvgIpc) is 2.62. The monoisotopic (exact) mass is 325 g/mol. The van der Waals surface area contributed by atoms with Crippen LogP contribution < -0.4 is 4.90 Å². The van der Waals surface area contributed by atoms with Crippen LogP contribution in [0.2, 0.25) is 0 Å². The molecule has 0 aromatic heterocycles. The third kappa shape index (κ3) is 3.53. The van der Waals surface area contributed by atoms with E-state index in [0.717, 1.165) is 5.56 Å². The highest BCUT2D eigenvalue weighted by atomic mass is 16.6. The van der Waals surface area contributed by atoms with Crippen molar-refractivity contribution in [2.24, 2.45) is 0 Å². The quantitative estimate of drug-likeness (QED) is 0.640. The van der Waals surface area contributed by atoms with Gasteiger partial charge in [-0.05, 0) is 11.6 Å². The maximum absolute atomic E-state index is 12.4. The number of carbonyl (C=O) groups excluding carboxylic acids is 1. The highest BCUT2D eigenvalue weighted by Gasteiger charge is 2.25. The highest BCUT2D eigenvalue weighted by molar-refractivity contribution is 5.79. The molecule has 0 bridgehead atoms. The second-order valence-electron chi connectivity index (χ2n) is 5.78. The zero-order chi connectivity index (χ0) is 16.9.